The van der Waals surface area contributed by atoms with Crippen LogP contribution in [0.2, 0.25) is 0 Å². The van der Waals surface area contributed by atoms with Gasteiger partial charge in [-0.25, -0.2) is 0 Å². The number of alkyl halides is 3. The van der Waals surface area contributed by atoms with Gasteiger partial charge in [-0.05, 0) is 41.2 Å². The number of nitrogens with one attached hydrogen (secondary N) is 1. The van der Waals surface area contributed by atoms with Crippen LogP contribution in [-0.2, 0) is 19.4 Å². The van der Waals surface area contributed by atoms with E-state index in [4.69, 9.17) is 10.5 Å². The van der Waals surface area contributed by atoms with E-state index in [9.17, 15) is 18.0 Å². The summed E-state index contributed by atoms with van der Waals surface area (Å²) in [5.74, 6) is 0.0293. The highest BCUT2D eigenvalue weighted by Gasteiger charge is 2.20. The first-order valence-electron chi connectivity index (χ1n) is 10.6. The fourth-order valence-electron chi connectivity index (χ4n) is 3.95. The van der Waals surface area contributed by atoms with Crippen LogP contribution in [0.3, 0.4) is 0 Å². The molecule has 7 heteroatoms. The van der Waals surface area contributed by atoms with Gasteiger partial charge in [0.1, 0.15) is 5.75 Å². The van der Waals surface area contributed by atoms with Crippen LogP contribution in [0.4, 0.5) is 13.2 Å². The molecule has 3 aromatic rings. The van der Waals surface area contributed by atoms with Gasteiger partial charge in [0.15, 0.2) is 0 Å². The first kappa shape index (κ1) is 24.3. The molecule has 0 heterocycles. The molecule has 0 radical (unpaired) electrons. The zero-order chi connectivity index (χ0) is 24.0. The van der Waals surface area contributed by atoms with Gasteiger partial charge in [0.05, 0.1) is 12.7 Å². The Balaban J connectivity index is 0.000000555. The van der Waals surface area contributed by atoms with Crippen molar-refractivity contribution in [1.29, 1.82) is 0 Å². The van der Waals surface area contributed by atoms with Crippen molar-refractivity contribution < 1.29 is 22.7 Å². The third-order valence-corrected chi connectivity index (χ3v) is 5.40. The minimum absolute atomic E-state index is 0.188. The number of amides is 1. The summed E-state index contributed by atoms with van der Waals surface area (Å²) in [6, 6.07) is 22.9. The Morgan fingerprint density at radius 1 is 1.00 bits per heavy atom. The average molecular weight is 457 g/mol. The highest BCUT2D eigenvalue weighted by molar-refractivity contribution is 5.98. The Kier molecular flexibility index (Phi) is 7.76. The van der Waals surface area contributed by atoms with Crippen LogP contribution in [0, 0.1) is 0 Å². The number of halogens is 3. The molecule has 0 saturated carbocycles. The molecule has 3 N–H and O–H groups in total. The molecule has 0 saturated heterocycles. The number of hydrogen-bond acceptors (Lipinski definition) is 3. The van der Waals surface area contributed by atoms with E-state index >= 15 is 0 Å². The summed E-state index contributed by atoms with van der Waals surface area (Å²) in [7, 11) is 1.56. The van der Waals surface area contributed by atoms with Crippen molar-refractivity contribution in [3.05, 3.63) is 89.0 Å². The van der Waals surface area contributed by atoms with Crippen LogP contribution in [0.1, 0.15) is 34.0 Å². The van der Waals surface area contributed by atoms with Crippen molar-refractivity contribution in [1.82, 2.24) is 5.32 Å². The van der Waals surface area contributed by atoms with Crippen LogP contribution >= 0.6 is 0 Å². The van der Waals surface area contributed by atoms with Gasteiger partial charge in [0.2, 0.25) is 0 Å². The number of benzene rings is 3. The van der Waals surface area contributed by atoms with E-state index in [2.05, 4.69) is 53.8 Å². The lowest BCUT2D eigenvalue weighted by molar-refractivity contribution is -0.110. The molecule has 4 nitrogen and oxygen atoms in total. The molecule has 1 amide bonds. The summed E-state index contributed by atoms with van der Waals surface area (Å²) in [6.07, 6.45) is -1.82. The first-order chi connectivity index (χ1) is 15.7. The van der Waals surface area contributed by atoms with Crippen LogP contribution in [0.15, 0.2) is 66.7 Å². The van der Waals surface area contributed by atoms with Gasteiger partial charge in [0, 0.05) is 25.1 Å². The maximum absolute atomic E-state index is 11.6. The maximum Gasteiger partial charge on any atom is 0.386 e. The van der Waals surface area contributed by atoms with Crippen molar-refractivity contribution in [2.24, 2.45) is 5.73 Å². The Morgan fingerprint density at radius 2 is 1.58 bits per heavy atom. The molecule has 0 unspecified atom stereocenters. The Hall–Kier alpha value is -3.32. The molecule has 4 rings (SSSR count). The number of ether oxygens (including phenoxy) is 1. The number of carbonyl (C=O) groups excluding carboxylic acids is 1. The molecule has 0 fully saturated rings. The standard InChI is InChI=1S/C24H24N2O2.C2H3F3/c1-28-23-21(7-4-8-22(23)24(25)27)17-11-9-16(10-12-17)15-26-20-13-18-5-2-3-6-19(18)14-20;1-2(3,4)5/h2-12,20,26H,13-15H2,1H3,(H2,25,27);1H3. The van der Waals surface area contributed by atoms with Crippen LogP contribution in [-0.4, -0.2) is 25.2 Å². The quantitative estimate of drug-likeness (QED) is 0.530. The van der Waals surface area contributed by atoms with Gasteiger partial charge in [0.25, 0.3) is 5.91 Å². The number of carbonyl (C=O) groups is 1. The molecule has 0 spiro atoms. The highest BCUT2D eigenvalue weighted by atomic mass is 19.4. The van der Waals surface area contributed by atoms with Crippen LogP contribution < -0.4 is 15.8 Å². The Bertz CT molecular complexity index is 1060. The van der Waals surface area contributed by atoms with E-state index < -0.39 is 12.1 Å². The van der Waals surface area contributed by atoms with Crippen molar-refractivity contribution in [3.8, 4) is 16.9 Å². The van der Waals surface area contributed by atoms with E-state index in [1.165, 1.54) is 16.7 Å². The molecule has 0 bridgehead atoms. The number of fused-ring (bicyclic) bond motifs is 1. The second kappa shape index (κ2) is 10.5. The molecule has 0 aromatic heterocycles. The van der Waals surface area contributed by atoms with Crippen LogP contribution in [0.25, 0.3) is 11.1 Å². The molecule has 174 valence electrons. The summed E-state index contributed by atoms with van der Waals surface area (Å²) in [4.78, 5) is 11.6. The smallest absolute Gasteiger partial charge is 0.386 e. The second-order valence-corrected chi connectivity index (χ2v) is 7.98. The number of rotatable bonds is 6. The SMILES string of the molecule is CC(F)(F)F.COc1c(C(N)=O)cccc1-c1ccc(CNC2Cc3ccccc3C2)cc1. The summed E-state index contributed by atoms with van der Waals surface area (Å²) in [5.41, 5.74) is 11.9. The molecule has 3 aromatic carbocycles. The van der Waals surface area contributed by atoms with E-state index in [0.29, 0.717) is 17.4 Å². The van der Waals surface area contributed by atoms with E-state index in [1.807, 2.05) is 12.1 Å². The molecule has 1 aliphatic rings. The fraction of sp³-hybridized carbons (Fsp3) is 0.269. The summed E-state index contributed by atoms with van der Waals surface area (Å²) >= 11 is 0. The molecule has 1 aliphatic carbocycles. The van der Waals surface area contributed by atoms with Crippen molar-refractivity contribution >= 4 is 5.91 Å². The number of primary amides is 1. The van der Waals surface area contributed by atoms with Gasteiger partial charge in [-0.3, -0.25) is 4.79 Å². The third kappa shape index (κ3) is 6.83. The van der Waals surface area contributed by atoms with Gasteiger partial charge in [-0.2, -0.15) is 13.2 Å². The molecule has 0 aliphatic heterocycles. The second-order valence-electron chi connectivity index (χ2n) is 7.98. The Labute approximate surface area is 191 Å². The number of methoxy groups -OCH3 is 1. The van der Waals surface area contributed by atoms with Gasteiger partial charge in [-0.1, -0.05) is 60.7 Å². The Morgan fingerprint density at radius 3 is 2.09 bits per heavy atom. The average Bonchev–Trinajstić information content (AvgIpc) is 3.19. The predicted molar refractivity (Wildman–Crippen MR) is 123 cm³/mol. The summed E-state index contributed by atoms with van der Waals surface area (Å²) in [6.45, 7) is 1.02. The number of nitrogens with two attached hydrogens (primary N) is 1. The highest BCUT2D eigenvalue weighted by Crippen LogP contribution is 2.33. The fourth-order valence-corrected chi connectivity index (χ4v) is 3.95. The largest absolute Gasteiger partial charge is 0.495 e. The number of para-hydroxylation sites is 1. The lowest BCUT2D eigenvalue weighted by Crippen LogP contribution is -2.28. The predicted octanol–water partition coefficient (Wildman–Crippen LogP) is 5.29. The third-order valence-electron chi connectivity index (χ3n) is 5.40. The minimum atomic E-state index is -4.00. The summed E-state index contributed by atoms with van der Waals surface area (Å²) in [5, 5.41) is 3.66. The summed E-state index contributed by atoms with van der Waals surface area (Å²) < 4.78 is 36.5. The lowest BCUT2D eigenvalue weighted by atomic mass is 9.99. The molecular weight excluding hydrogens is 429 g/mol. The van der Waals surface area contributed by atoms with Crippen LogP contribution in [0.5, 0.6) is 5.75 Å². The zero-order valence-corrected chi connectivity index (χ0v) is 18.6. The van der Waals surface area contributed by atoms with Gasteiger partial charge in [-0.15, -0.1) is 0 Å². The topological polar surface area (TPSA) is 64.3 Å². The lowest BCUT2D eigenvalue weighted by Gasteiger charge is -2.14. The zero-order valence-electron chi connectivity index (χ0n) is 18.6. The molecule has 33 heavy (non-hydrogen) atoms. The van der Waals surface area contributed by atoms with Crippen molar-refractivity contribution in [2.75, 3.05) is 7.11 Å². The molecule has 0 atom stereocenters. The monoisotopic (exact) mass is 456 g/mol. The number of hydrogen-bond donors (Lipinski definition) is 2. The maximum atomic E-state index is 11.6. The van der Waals surface area contributed by atoms with E-state index in [1.54, 1.807) is 13.2 Å². The van der Waals surface area contributed by atoms with Crippen molar-refractivity contribution in [2.45, 2.75) is 38.5 Å². The normalized spacial score (nSPS) is 13.1. The van der Waals surface area contributed by atoms with Gasteiger partial charge < -0.3 is 15.8 Å². The van der Waals surface area contributed by atoms with E-state index in [0.717, 1.165) is 30.5 Å². The molecular formula is C26H27F3N2O2. The first-order valence-corrected chi connectivity index (χ1v) is 10.6. The van der Waals surface area contributed by atoms with Crippen molar-refractivity contribution in [3.63, 3.8) is 0 Å². The van der Waals surface area contributed by atoms with Gasteiger partial charge >= 0.3 is 6.18 Å². The van der Waals surface area contributed by atoms with E-state index in [-0.39, 0.29) is 6.92 Å². The minimum Gasteiger partial charge on any atom is -0.495 e.